The fraction of sp³-hybridized carbons (Fsp3) is 0.778. The van der Waals surface area contributed by atoms with Gasteiger partial charge in [0.15, 0.2) is 0 Å². The van der Waals surface area contributed by atoms with Crippen LogP contribution in [-0.2, 0) is 0 Å². The Morgan fingerprint density at radius 3 is 2.69 bits per heavy atom. The van der Waals surface area contributed by atoms with Gasteiger partial charge in [-0.1, -0.05) is 20.3 Å². The molecule has 0 fully saturated rings. The van der Waals surface area contributed by atoms with E-state index in [1.807, 2.05) is 4.57 Å². The molecule has 1 rings (SSSR count). The molecule has 0 aromatic carbocycles. The third kappa shape index (κ3) is 2.69. The Hall–Kier alpha value is -0.570. The third-order valence-corrected chi connectivity index (χ3v) is 2.72. The molecule has 0 radical (unpaired) electrons. The van der Waals surface area contributed by atoms with Gasteiger partial charge in [-0.3, -0.25) is 0 Å². The maximum Gasteiger partial charge on any atom is 0.225 e. The first-order chi connectivity index (χ1) is 6.15. The van der Waals surface area contributed by atoms with Gasteiger partial charge >= 0.3 is 0 Å². The van der Waals surface area contributed by atoms with Crippen LogP contribution in [-0.4, -0.2) is 14.8 Å². The van der Waals surface area contributed by atoms with Crippen molar-refractivity contribution in [2.75, 3.05) is 0 Å². The number of hydrogen-bond acceptors (Lipinski definition) is 2. The second kappa shape index (κ2) is 4.61. The summed E-state index contributed by atoms with van der Waals surface area (Å²) in [6.07, 6.45) is 4.01. The SMILES string of the molecule is CCC(C)CC(C)n1cnnc1Cl. The highest BCUT2D eigenvalue weighted by Gasteiger charge is 2.11. The Labute approximate surface area is 84.1 Å². The molecular weight excluding hydrogens is 186 g/mol. The fourth-order valence-corrected chi connectivity index (χ4v) is 1.64. The fourth-order valence-electron chi connectivity index (χ4n) is 1.39. The van der Waals surface area contributed by atoms with Crippen LogP contribution in [0.2, 0.25) is 5.28 Å². The van der Waals surface area contributed by atoms with Crippen molar-refractivity contribution in [1.82, 2.24) is 14.8 Å². The molecule has 0 bridgehead atoms. The van der Waals surface area contributed by atoms with Crippen LogP contribution < -0.4 is 0 Å². The van der Waals surface area contributed by atoms with Crippen LogP contribution in [0.4, 0.5) is 0 Å². The molecule has 3 nitrogen and oxygen atoms in total. The molecule has 0 aliphatic carbocycles. The summed E-state index contributed by atoms with van der Waals surface area (Å²) in [7, 11) is 0. The van der Waals surface area contributed by atoms with Gasteiger partial charge in [-0.25, -0.2) is 0 Å². The van der Waals surface area contributed by atoms with Crippen molar-refractivity contribution < 1.29 is 0 Å². The Balaban J connectivity index is 2.58. The van der Waals surface area contributed by atoms with Gasteiger partial charge in [0.2, 0.25) is 5.28 Å². The molecule has 0 saturated carbocycles. The smallest absolute Gasteiger partial charge is 0.225 e. The van der Waals surface area contributed by atoms with E-state index >= 15 is 0 Å². The monoisotopic (exact) mass is 201 g/mol. The van der Waals surface area contributed by atoms with Gasteiger partial charge in [0.05, 0.1) is 0 Å². The molecule has 13 heavy (non-hydrogen) atoms. The summed E-state index contributed by atoms with van der Waals surface area (Å²) in [4.78, 5) is 0. The van der Waals surface area contributed by atoms with Gasteiger partial charge in [-0.2, -0.15) is 0 Å². The van der Waals surface area contributed by atoms with Crippen LogP contribution in [0.3, 0.4) is 0 Å². The van der Waals surface area contributed by atoms with E-state index in [0.29, 0.717) is 17.2 Å². The van der Waals surface area contributed by atoms with Gasteiger partial charge in [0, 0.05) is 6.04 Å². The summed E-state index contributed by atoms with van der Waals surface area (Å²) < 4.78 is 1.91. The van der Waals surface area contributed by atoms with E-state index in [1.54, 1.807) is 6.33 Å². The molecule has 0 aliphatic heterocycles. The average molecular weight is 202 g/mol. The predicted molar refractivity (Wildman–Crippen MR) is 53.8 cm³/mol. The standard InChI is InChI=1S/C9H16ClN3/c1-4-7(2)5-8(3)13-6-11-12-9(13)10/h6-8H,4-5H2,1-3H3. The lowest BCUT2D eigenvalue weighted by molar-refractivity contribution is 0.398. The predicted octanol–water partition coefficient (Wildman–Crippen LogP) is 2.93. The van der Waals surface area contributed by atoms with Crippen LogP contribution in [0.25, 0.3) is 0 Å². The molecule has 4 heteroatoms. The molecule has 2 unspecified atom stereocenters. The highest BCUT2D eigenvalue weighted by molar-refractivity contribution is 6.28. The molecule has 1 heterocycles. The van der Waals surface area contributed by atoms with Gasteiger partial charge in [-0.15, -0.1) is 10.2 Å². The van der Waals surface area contributed by atoms with Gasteiger partial charge in [0.1, 0.15) is 6.33 Å². The number of halogens is 1. The van der Waals surface area contributed by atoms with Crippen LogP contribution in [0.15, 0.2) is 6.33 Å². The maximum atomic E-state index is 5.85. The summed E-state index contributed by atoms with van der Waals surface area (Å²) in [6.45, 7) is 6.58. The van der Waals surface area contributed by atoms with Crippen molar-refractivity contribution in [3.63, 3.8) is 0 Å². The van der Waals surface area contributed by atoms with E-state index in [-0.39, 0.29) is 0 Å². The lowest BCUT2D eigenvalue weighted by atomic mass is 10.0. The van der Waals surface area contributed by atoms with Crippen molar-refractivity contribution in [2.45, 2.75) is 39.7 Å². The minimum Gasteiger partial charge on any atom is -0.302 e. The molecule has 1 aromatic rings. The Morgan fingerprint density at radius 1 is 1.54 bits per heavy atom. The van der Waals surface area contributed by atoms with Crippen LogP contribution in [0.5, 0.6) is 0 Å². The van der Waals surface area contributed by atoms with E-state index in [2.05, 4.69) is 31.0 Å². The van der Waals surface area contributed by atoms with E-state index in [9.17, 15) is 0 Å². The van der Waals surface area contributed by atoms with Gasteiger partial charge in [-0.05, 0) is 30.9 Å². The maximum absolute atomic E-state index is 5.85. The van der Waals surface area contributed by atoms with Crippen LogP contribution in [0.1, 0.15) is 39.7 Å². The van der Waals surface area contributed by atoms with Crippen molar-refractivity contribution >= 4 is 11.6 Å². The van der Waals surface area contributed by atoms with E-state index in [4.69, 9.17) is 11.6 Å². The molecular formula is C9H16ClN3. The van der Waals surface area contributed by atoms with Crippen molar-refractivity contribution in [3.05, 3.63) is 11.6 Å². The van der Waals surface area contributed by atoms with Crippen LogP contribution in [0, 0.1) is 5.92 Å². The van der Waals surface area contributed by atoms with E-state index in [0.717, 1.165) is 6.42 Å². The molecule has 0 spiro atoms. The van der Waals surface area contributed by atoms with Crippen molar-refractivity contribution in [3.8, 4) is 0 Å². The zero-order valence-corrected chi connectivity index (χ0v) is 9.12. The number of nitrogens with zero attached hydrogens (tertiary/aromatic N) is 3. The highest BCUT2D eigenvalue weighted by Crippen LogP contribution is 2.21. The largest absolute Gasteiger partial charge is 0.302 e. The first kappa shape index (κ1) is 10.5. The second-order valence-corrected chi connectivity index (χ2v) is 3.94. The quantitative estimate of drug-likeness (QED) is 0.750. The Bertz CT molecular complexity index is 259. The Kier molecular flexibility index (Phi) is 3.72. The molecule has 74 valence electrons. The first-order valence-electron chi connectivity index (χ1n) is 4.70. The molecule has 0 amide bonds. The number of hydrogen-bond donors (Lipinski definition) is 0. The molecule has 1 aromatic heterocycles. The van der Waals surface area contributed by atoms with E-state index in [1.165, 1.54) is 6.42 Å². The van der Waals surface area contributed by atoms with Crippen molar-refractivity contribution in [2.24, 2.45) is 5.92 Å². The zero-order valence-electron chi connectivity index (χ0n) is 8.37. The third-order valence-electron chi connectivity index (χ3n) is 2.44. The summed E-state index contributed by atoms with van der Waals surface area (Å²) in [6, 6.07) is 0.387. The van der Waals surface area contributed by atoms with Gasteiger partial charge in [0.25, 0.3) is 0 Å². The Morgan fingerprint density at radius 2 is 2.23 bits per heavy atom. The summed E-state index contributed by atoms with van der Waals surface area (Å²) in [5.74, 6) is 0.716. The van der Waals surface area contributed by atoms with Crippen LogP contribution >= 0.6 is 11.6 Å². The first-order valence-corrected chi connectivity index (χ1v) is 5.08. The minimum absolute atomic E-state index is 0.387. The normalized spacial score (nSPS) is 15.7. The van der Waals surface area contributed by atoms with Gasteiger partial charge < -0.3 is 4.57 Å². The molecule has 0 saturated heterocycles. The zero-order chi connectivity index (χ0) is 9.84. The topological polar surface area (TPSA) is 30.7 Å². The summed E-state index contributed by atoms with van der Waals surface area (Å²) in [5, 5.41) is 7.99. The molecule has 2 atom stereocenters. The highest BCUT2D eigenvalue weighted by atomic mass is 35.5. The molecule has 0 aliphatic rings. The average Bonchev–Trinajstić information content (AvgIpc) is 2.51. The number of aromatic nitrogens is 3. The minimum atomic E-state index is 0.387. The molecule has 0 N–H and O–H groups in total. The lowest BCUT2D eigenvalue weighted by Gasteiger charge is -2.16. The lowest BCUT2D eigenvalue weighted by Crippen LogP contribution is -2.08. The summed E-state index contributed by atoms with van der Waals surface area (Å²) >= 11 is 5.85. The second-order valence-electron chi connectivity index (χ2n) is 3.61. The van der Waals surface area contributed by atoms with E-state index < -0.39 is 0 Å². The summed E-state index contributed by atoms with van der Waals surface area (Å²) in [5.41, 5.74) is 0. The number of rotatable bonds is 4. The van der Waals surface area contributed by atoms with Crippen molar-refractivity contribution in [1.29, 1.82) is 0 Å².